The molecule has 0 aliphatic heterocycles. The predicted molar refractivity (Wildman–Crippen MR) is 62.0 cm³/mol. The van der Waals surface area contributed by atoms with Crippen LogP contribution in [-0.2, 0) is 4.74 Å². The molecule has 0 aliphatic rings. The van der Waals surface area contributed by atoms with Crippen molar-refractivity contribution in [3.63, 3.8) is 0 Å². The molecule has 0 saturated carbocycles. The first-order valence-electron chi connectivity index (χ1n) is 5.22. The summed E-state index contributed by atoms with van der Waals surface area (Å²) >= 11 is 0. The third kappa shape index (κ3) is 4.71. The number of phenolic OH excluding ortho intramolecular Hbond substituents is 2. The van der Waals surface area contributed by atoms with Gasteiger partial charge in [-0.2, -0.15) is 0 Å². The number of rotatable bonds is 6. The van der Waals surface area contributed by atoms with Crippen LogP contribution in [0.5, 0.6) is 11.5 Å². The summed E-state index contributed by atoms with van der Waals surface area (Å²) in [4.78, 5) is 11.6. The highest BCUT2D eigenvalue weighted by Crippen LogP contribution is 2.19. The SMILES string of the molecule is NCCOCCNC(=O)c1cc(O)cc(O)c1. The highest BCUT2D eigenvalue weighted by molar-refractivity contribution is 5.95. The lowest BCUT2D eigenvalue weighted by molar-refractivity contribution is 0.0919. The van der Waals surface area contributed by atoms with E-state index >= 15 is 0 Å². The van der Waals surface area contributed by atoms with Crippen molar-refractivity contribution >= 4 is 5.91 Å². The average Bonchev–Trinajstić information content (AvgIpc) is 2.27. The summed E-state index contributed by atoms with van der Waals surface area (Å²) in [5, 5.41) is 21.0. The largest absolute Gasteiger partial charge is 0.508 e. The van der Waals surface area contributed by atoms with Crippen LogP contribution in [0.25, 0.3) is 0 Å². The zero-order valence-electron chi connectivity index (χ0n) is 9.35. The van der Waals surface area contributed by atoms with Crippen LogP contribution in [0.3, 0.4) is 0 Å². The van der Waals surface area contributed by atoms with Crippen LogP contribution >= 0.6 is 0 Å². The minimum Gasteiger partial charge on any atom is -0.508 e. The minimum absolute atomic E-state index is 0.158. The lowest BCUT2D eigenvalue weighted by Gasteiger charge is -2.06. The third-order valence-corrected chi connectivity index (χ3v) is 1.96. The molecule has 1 rings (SSSR count). The maximum absolute atomic E-state index is 11.6. The van der Waals surface area contributed by atoms with Crippen LogP contribution in [0.4, 0.5) is 0 Å². The Morgan fingerprint density at radius 2 is 1.88 bits per heavy atom. The molecule has 6 nitrogen and oxygen atoms in total. The summed E-state index contributed by atoms with van der Waals surface area (Å²) < 4.78 is 5.08. The maximum Gasteiger partial charge on any atom is 0.251 e. The van der Waals surface area contributed by atoms with Crippen LogP contribution in [0.2, 0.25) is 0 Å². The van der Waals surface area contributed by atoms with Crippen LogP contribution in [0, 0.1) is 0 Å². The van der Waals surface area contributed by atoms with Crippen LogP contribution in [0.15, 0.2) is 18.2 Å². The van der Waals surface area contributed by atoms with Crippen molar-refractivity contribution in [3.8, 4) is 11.5 Å². The van der Waals surface area contributed by atoms with Crippen molar-refractivity contribution in [1.29, 1.82) is 0 Å². The van der Waals surface area contributed by atoms with E-state index in [9.17, 15) is 15.0 Å². The van der Waals surface area contributed by atoms with Gasteiger partial charge in [-0.3, -0.25) is 4.79 Å². The molecule has 1 amide bonds. The molecule has 6 heteroatoms. The second-order valence-electron chi connectivity index (χ2n) is 3.40. The van der Waals surface area contributed by atoms with Gasteiger partial charge in [-0.1, -0.05) is 0 Å². The zero-order chi connectivity index (χ0) is 12.7. The topological polar surface area (TPSA) is 105 Å². The summed E-state index contributed by atoms with van der Waals surface area (Å²) in [6.07, 6.45) is 0. The summed E-state index contributed by atoms with van der Waals surface area (Å²) in [7, 11) is 0. The van der Waals surface area contributed by atoms with Crippen molar-refractivity contribution in [2.75, 3.05) is 26.3 Å². The standard InChI is InChI=1S/C11H16N2O4/c12-1-3-17-4-2-13-11(16)8-5-9(14)7-10(15)6-8/h5-7,14-15H,1-4,12H2,(H,13,16). The summed E-state index contributed by atoms with van der Waals surface area (Å²) in [5.41, 5.74) is 5.42. The number of phenols is 2. The highest BCUT2D eigenvalue weighted by Gasteiger charge is 2.07. The molecule has 0 spiro atoms. The van der Waals surface area contributed by atoms with E-state index < -0.39 is 0 Å². The monoisotopic (exact) mass is 240 g/mol. The van der Waals surface area contributed by atoms with Gasteiger partial charge in [-0.25, -0.2) is 0 Å². The van der Waals surface area contributed by atoms with Crippen LogP contribution < -0.4 is 11.1 Å². The van der Waals surface area contributed by atoms with Gasteiger partial charge in [0.05, 0.1) is 13.2 Å². The number of hydrogen-bond donors (Lipinski definition) is 4. The molecule has 0 bridgehead atoms. The molecule has 0 atom stereocenters. The Balaban J connectivity index is 2.41. The van der Waals surface area contributed by atoms with Gasteiger partial charge in [0.15, 0.2) is 0 Å². The van der Waals surface area contributed by atoms with Gasteiger partial charge < -0.3 is 26.0 Å². The van der Waals surface area contributed by atoms with Crippen LogP contribution in [0.1, 0.15) is 10.4 Å². The molecule has 0 aromatic heterocycles. The van der Waals surface area contributed by atoms with Crippen molar-refractivity contribution in [2.24, 2.45) is 5.73 Å². The van der Waals surface area contributed by atoms with Gasteiger partial charge in [-0.05, 0) is 12.1 Å². The normalized spacial score (nSPS) is 10.2. The Morgan fingerprint density at radius 1 is 1.24 bits per heavy atom. The van der Waals surface area contributed by atoms with E-state index in [0.29, 0.717) is 26.3 Å². The molecule has 0 radical (unpaired) electrons. The van der Waals surface area contributed by atoms with E-state index in [0.717, 1.165) is 6.07 Å². The van der Waals surface area contributed by atoms with Crippen LogP contribution in [-0.4, -0.2) is 42.4 Å². The number of amides is 1. The lowest BCUT2D eigenvalue weighted by atomic mass is 10.2. The number of carbonyl (C=O) groups excluding carboxylic acids is 1. The van der Waals surface area contributed by atoms with E-state index in [1.807, 2.05) is 0 Å². The number of carbonyl (C=O) groups is 1. The van der Waals surface area contributed by atoms with Crippen molar-refractivity contribution < 1.29 is 19.7 Å². The molecule has 0 saturated heterocycles. The van der Waals surface area contributed by atoms with Gasteiger partial charge in [-0.15, -0.1) is 0 Å². The fourth-order valence-corrected chi connectivity index (χ4v) is 1.25. The van der Waals surface area contributed by atoms with Gasteiger partial charge in [0.25, 0.3) is 5.91 Å². The minimum atomic E-state index is -0.382. The number of aromatic hydroxyl groups is 2. The van der Waals surface area contributed by atoms with Crippen molar-refractivity contribution in [1.82, 2.24) is 5.32 Å². The fraction of sp³-hybridized carbons (Fsp3) is 0.364. The molecule has 1 aromatic rings. The van der Waals surface area contributed by atoms with Crippen molar-refractivity contribution in [2.45, 2.75) is 0 Å². The molecule has 0 fully saturated rings. The van der Waals surface area contributed by atoms with E-state index in [1.54, 1.807) is 0 Å². The number of hydrogen-bond acceptors (Lipinski definition) is 5. The number of ether oxygens (including phenoxy) is 1. The van der Waals surface area contributed by atoms with Gasteiger partial charge in [0.2, 0.25) is 0 Å². The zero-order valence-corrected chi connectivity index (χ0v) is 9.35. The predicted octanol–water partition coefficient (Wildman–Crippen LogP) is -0.197. The third-order valence-electron chi connectivity index (χ3n) is 1.96. The Bertz CT molecular complexity index is 361. The summed E-state index contributed by atoms with van der Waals surface area (Å²) in [6, 6.07) is 3.70. The smallest absolute Gasteiger partial charge is 0.251 e. The summed E-state index contributed by atoms with van der Waals surface area (Å²) in [6.45, 7) is 1.60. The molecular formula is C11H16N2O4. The molecule has 1 aromatic carbocycles. The molecule has 17 heavy (non-hydrogen) atoms. The second-order valence-corrected chi connectivity index (χ2v) is 3.40. The van der Waals surface area contributed by atoms with Crippen molar-refractivity contribution in [3.05, 3.63) is 23.8 Å². The Hall–Kier alpha value is -1.79. The summed E-state index contributed by atoms with van der Waals surface area (Å²) in [5.74, 6) is -0.698. The van der Waals surface area contributed by atoms with E-state index in [2.05, 4.69) is 5.32 Å². The van der Waals surface area contributed by atoms with E-state index in [1.165, 1.54) is 12.1 Å². The maximum atomic E-state index is 11.6. The Kier molecular flexibility index (Phi) is 5.25. The number of nitrogens with one attached hydrogen (secondary N) is 1. The number of benzene rings is 1. The molecule has 94 valence electrons. The van der Waals surface area contributed by atoms with Gasteiger partial charge in [0.1, 0.15) is 11.5 Å². The molecule has 0 aliphatic carbocycles. The molecule has 0 unspecified atom stereocenters. The fourth-order valence-electron chi connectivity index (χ4n) is 1.25. The first kappa shape index (κ1) is 13.3. The molecular weight excluding hydrogens is 224 g/mol. The quantitative estimate of drug-likeness (QED) is 0.515. The second kappa shape index (κ2) is 6.72. The average molecular weight is 240 g/mol. The van der Waals surface area contributed by atoms with Gasteiger partial charge in [0, 0.05) is 24.7 Å². The molecule has 5 N–H and O–H groups in total. The highest BCUT2D eigenvalue weighted by atomic mass is 16.5. The first-order valence-corrected chi connectivity index (χ1v) is 5.22. The van der Waals surface area contributed by atoms with E-state index in [-0.39, 0.29) is 23.0 Å². The Morgan fingerprint density at radius 3 is 2.47 bits per heavy atom. The lowest BCUT2D eigenvalue weighted by Crippen LogP contribution is -2.27. The van der Waals surface area contributed by atoms with E-state index in [4.69, 9.17) is 10.5 Å². The first-order chi connectivity index (χ1) is 8.13. The molecule has 0 heterocycles. The number of nitrogens with two attached hydrogens (primary N) is 1. The van der Waals surface area contributed by atoms with Gasteiger partial charge >= 0.3 is 0 Å². The Labute approximate surface area is 99.0 Å².